The number of H-pyrrole nitrogens is 1. The number of urea groups is 1. The number of anilines is 2. The fraction of sp³-hybridized carbons (Fsp3) is 0.350. The summed E-state index contributed by atoms with van der Waals surface area (Å²) in [5, 5.41) is 20.9. The molecule has 1 aliphatic rings. The first-order chi connectivity index (χ1) is 13.7. The molecule has 2 amide bonds. The number of aromatic amines is 1. The second kappa shape index (κ2) is 8.26. The minimum atomic E-state index is -0.296. The molecule has 8 nitrogen and oxygen atoms in total. The molecule has 0 spiro atoms. The van der Waals surface area contributed by atoms with E-state index in [2.05, 4.69) is 36.4 Å². The maximum absolute atomic E-state index is 12.3. The van der Waals surface area contributed by atoms with Crippen molar-refractivity contribution in [1.29, 1.82) is 0 Å². The van der Waals surface area contributed by atoms with E-state index in [1.54, 1.807) is 12.3 Å². The van der Waals surface area contributed by atoms with Crippen molar-refractivity contribution < 1.29 is 4.79 Å². The average molecular weight is 379 g/mol. The van der Waals surface area contributed by atoms with Crippen LogP contribution in [0.3, 0.4) is 0 Å². The highest BCUT2D eigenvalue weighted by Crippen LogP contribution is 2.23. The zero-order chi connectivity index (χ0) is 19.3. The van der Waals surface area contributed by atoms with Gasteiger partial charge in [-0.3, -0.25) is 10.4 Å². The largest absolute Gasteiger partial charge is 0.365 e. The molecule has 2 aromatic heterocycles. The van der Waals surface area contributed by atoms with Crippen LogP contribution in [0.25, 0.3) is 10.9 Å². The standard InChI is InChI=1S/C20H25N7O/c1-13(14-5-3-2-4-6-14)23-20(28)25-18-11-17-16(12-22-18)19(27-26-17)24-15-7-9-21-10-8-15/h2-6,11-13,15,21H,7-10H2,1H3,(H2,24,26,27)(H2,22,23,25,28). The van der Waals surface area contributed by atoms with Crippen LogP contribution >= 0.6 is 0 Å². The average Bonchev–Trinajstić information content (AvgIpc) is 3.11. The van der Waals surface area contributed by atoms with Crippen LogP contribution in [0.4, 0.5) is 16.4 Å². The zero-order valence-corrected chi connectivity index (χ0v) is 15.8. The van der Waals surface area contributed by atoms with Gasteiger partial charge in [0.15, 0.2) is 5.82 Å². The summed E-state index contributed by atoms with van der Waals surface area (Å²) in [5.74, 6) is 1.28. The summed E-state index contributed by atoms with van der Waals surface area (Å²) >= 11 is 0. The molecule has 5 N–H and O–H groups in total. The van der Waals surface area contributed by atoms with Crippen LogP contribution < -0.4 is 21.3 Å². The van der Waals surface area contributed by atoms with Crippen LogP contribution in [0.5, 0.6) is 0 Å². The molecule has 8 heteroatoms. The van der Waals surface area contributed by atoms with Gasteiger partial charge in [-0.2, -0.15) is 5.10 Å². The fourth-order valence-electron chi connectivity index (χ4n) is 3.43. The first-order valence-corrected chi connectivity index (χ1v) is 9.63. The lowest BCUT2D eigenvalue weighted by molar-refractivity contribution is 0.249. The highest BCUT2D eigenvalue weighted by Gasteiger charge is 2.16. The summed E-state index contributed by atoms with van der Waals surface area (Å²) in [7, 11) is 0. The van der Waals surface area contributed by atoms with E-state index in [1.165, 1.54) is 0 Å². The number of aromatic nitrogens is 3. The number of rotatable bonds is 5. The van der Waals surface area contributed by atoms with Crippen molar-refractivity contribution >= 4 is 28.6 Å². The van der Waals surface area contributed by atoms with Crippen molar-refractivity contribution in [3.8, 4) is 0 Å². The van der Waals surface area contributed by atoms with E-state index < -0.39 is 0 Å². The molecule has 1 aliphatic heterocycles. The Morgan fingerprint density at radius 3 is 2.79 bits per heavy atom. The lowest BCUT2D eigenvalue weighted by Crippen LogP contribution is -2.35. The topological polar surface area (TPSA) is 107 Å². The maximum atomic E-state index is 12.3. The smallest absolute Gasteiger partial charge is 0.320 e. The van der Waals surface area contributed by atoms with Crippen LogP contribution in [-0.2, 0) is 0 Å². The van der Waals surface area contributed by atoms with E-state index in [0.717, 1.165) is 48.2 Å². The Hall–Kier alpha value is -3.13. The van der Waals surface area contributed by atoms with Gasteiger partial charge in [0.25, 0.3) is 0 Å². The number of benzene rings is 1. The Labute approximate surface area is 163 Å². The van der Waals surface area contributed by atoms with Crippen molar-refractivity contribution in [1.82, 2.24) is 25.8 Å². The first kappa shape index (κ1) is 18.2. The van der Waals surface area contributed by atoms with Crippen molar-refractivity contribution in [3.63, 3.8) is 0 Å². The van der Waals surface area contributed by atoms with E-state index in [9.17, 15) is 4.79 Å². The molecule has 1 aromatic carbocycles. The van der Waals surface area contributed by atoms with Gasteiger partial charge in [0.2, 0.25) is 0 Å². The molecular weight excluding hydrogens is 354 g/mol. The number of pyridine rings is 1. The number of nitrogens with zero attached hydrogens (tertiary/aromatic N) is 2. The van der Waals surface area contributed by atoms with E-state index in [-0.39, 0.29) is 12.1 Å². The SMILES string of the molecule is CC(NC(=O)Nc1cc2[nH]nc(NC3CCNCC3)c2cn1)c1ccccc1. The predicted octanol–water partition coefficient (Wildman–Crippen LogP) is 3.00. The Morgan fingerprint density at radius 2 is 2.00 bits per heavy atom. The van der Waals surface area contributed by atoms with Crippen molar-refractivity contribution in [3.05, 3.63) is 48.2 Å². The minimum Gasteiger partial charge on any atom is -0.365 e. The molecular formula is C20H25N7O. The molecule has 3 aromatic rings. The maximum Gasteiger partial charge on any atom is 0.320 e. The third-order valence-corrected chi connectivity index (χ3v) is 5.02. The highest BCUT2D eigenvalue weighted by atomic mass is 16.2. The number of hydrogen-bond donors (Lipinski definition) is 5. The Bertz CT molecular complexity index is 934. The molecule has 1 saturated heterocycles. The van der Waals surface area contributed by atoms with Crippen LogP contribution in [0.2, 0.25) is 0 Å². The van der Waals surface area contributed by atoms with Crippen molar-refractivity contribution in [2.24, 2.45) is 0 Å². The fourth-order valence-corrected chi connectivity index (χ4v) is 3.43. The predicted molar refractivity (Wildman–Crippen MR) is 110 cm³/mol. The monoisotopic (exact) mass is 379 g/mol. The lowest BCUT2D eigenvalue weighted by atomic mass is 10.1. The van der Waals surface area contributed by atoms with Gasteiger partial charge in [-0.1, -0.05) is 30.3 Å². The summed E-state index contributed by atoms with van der Waals surface area (Å²) < 4.78 is 0. The number of carbonyl (C=O) groups excluding carboxylic acids is 1. The van der Waals surface area contributed by atoms with E-state index in [4.69, 9.17) is 0 Å². The second-order valence-corrected chi connectivity index (χ2v) is 7.09. The molecule has 1 fully saturated rings. The number of fused-ring (bicyclic) bond motifs is 1. The third-order valence-electron chi connectivity index (χ3n) is 5.02. The molecule has 146 valence electrons. The molecule has 1 atom stereocenters. The van der Waals surface area contributed by atoms with Gasteiger partial charge in [0.1, 0.15) is 5.82 Å². The molecule has 28 heavy (non-hydrogen) atoms. The summed E-state index contributed by atoms with van der Waals surface area (Å²) in [6, 6.07) is 11.6. The van der Waals surface area contributed by atoms with Crippen LogP contribution in [0.15, 0.2) is 42.6 Å². The summed E-state index contributed by atoms with van der Waals surface area (Å²) in [4.78, 5) is 16.7. The van der Waals surface area contributed by atoms with Gasteiger partial charge >= 0.3 is 6.03 Å². The number of amides is 2. The molecule has 0 aliphatic carbocycles. The normalized spacial score (nSPS) is 15.9. The van der Waals surface area contributed by atoms with Gasteiger partial charge < -0.3 is 16.0 Å². The molecule has 0 saturated carbocycles. The van der Waals surface area contributed by atoms with Gasteiger partial charge in [-0.05, 0) is 38.4 Å². The number of carbonyl (C=O) groups is 1. The minimum absolute atomic E-state index is 0.0992. The molecule has 0 radical (unpaired) electrons. The first-order valence-electron chi connectivity index (χ1n) is 9.63. The van der Waals surface area contributed by atoms with E-state index >= 15 is 0 Å². The molecule has 4 rings (SSSR count). The lowest BCUT2D eigenvalue weighted by Gasteiger charge is -2.23. The van der Waals surface area contributed by atoms with Crippen LogP contribution in [-0.4, -0.2) is 40.3 Å². The van der Waals surface area contributed by atoms with Gasteiger partial charge in [-0.25, -0.2) is 9.78 Å². The Morgan fingerprint density at radius 1 is 1.21 bits per heavy atom. The highest BCUT2D eigenvalue weighted by molar-refractivity contribution is 5.94. The van der Waals surface area contributed by atoms with Gasteiger partial charge in [-0.15, -0.1) is 0 Å². The quantitative estimate of drug-likeness (QED) is 0.468. The number of nitrogens with one attached hydrogen (secondary N) is 5. The molecule has 1 unspecified atom stereocenters. The summed E-state index contributed by atoms with van der Waals surface area (Å²) in [6.07, 6.45) is 3.88. The third kappa shape index (κ3) is 4.23. The van der Waals surface area contributed by atoms with Crippen molar-refractivity contribution in [2.75, 3.05) is 23.7 Å². The van der Waals surface area contributed by atoms with Crippen LogP contribution in [0, 0.1) is 0 Å². The molecule has 0 bridgehead atoms. The molecule has 3 heterocycles. The number of piperidine rings is 1. The van der Waals surface area contributed by atoms with Crippen LogP contribution in [0.1, 0.15) is 31.4 Å². The van der Waals surface area contributed by atoms with Gasteiger partial charge in [0.05, 0.1) is 16.9 Å². The van der Waals surface area contributed by atoms with Crippen molar-refractivity contribution in [2.45, 2.75) is 31.8 Å². The van der Waals surface area contributed by atoms with Gasteiger partial charge in [0, 0.05) is 18.3 Å². The van der Waals surface area contributed by atoms with E-state index in [0.29, 0.717) is 11.9 Å². The zero-order valence-electron chi connectivity index (χ0n) is 15.8. The summed E-state index contributed by atoms with van der Waals surface area (Å²) in [6.45, 7) is 3.98. The number of hydrogen-bond acceptors (Lipinski definition) is 5. The summed E-state index contributed by atoms with van der Waals surface area (Å²) in [5.41, 5.74) is 1.88. The Balaban J connectivity index is 1.40. The Kier molecular flexibility index (Phi) is 5.38. The van der Waals surface area contributed by atoms with E-state index in [1.807, 2.05) is 37.3 Å². The second-order valence-electron chi connectivity index (χ2n) is 7.09.